The fourth-order valence-electron chi connectivity index (χ4n) is 7.51. The Morgan fingerprint density at radius 1 is 0.306 bits per heavy atom. The number of hydrogen-bond donors (Lipinski definition) is 0. The number of halogens is 10. The number of hydrogen-bond acceptors (Lipinski definition) is 2. The molecular formula is C36H13BF10N2. The van der Waals surface area contributed by atoms with Crippen LogP contribution in [0.1, 0.15) is 0 Å². The van der Waals surface area contributed by atoms with E-state index in [1.54, 1.807) is 48.5 Å². The van der Waals surface area contributed by atoms with Crippen LogP contribution in [0.3, 0.4) is 0 Å². The van der Waals surface area contributed by atoms with Gasteiger partial charge in [-0.25, -0.2) is 43.9 Å². The van der Waals surface area contributed by atoms with E-state index in [2.05, 4.69) is 0 Å². The number of benzene rings is 6. The van der Waals surface area contributed by atoms with Crippen LogP contribution < -0.4 is 26.2 Å². The van der Waals surface area contributed by atoms with Crippen molar-refractivity contribution in [1.82, 2.24) is 0 Å². The summed E-state index contributed by atoms with van der Waals surface area (Å²) in [6, 6.07) is 20.3. The van der Waals surface area contributed by atoms with Gasteiger partial charge in [0, 0.05) is 22.7 Å². The molecule has 0 unspecified atom stereocenters. The van der Waals surface area contributed by atoms with Gasteiger partial charge < -0.3 is 9.80 Å². The first kappa shape index (κ1) is 29.4. The van der Waals surface area contributed by atoms with Crippen LogP contribution in [-0.2, 0) is 0 Å². The minimum Gasteiger partial charge on any atom is -0.306 e. The Labute approximate surface area is 270 Å². The molecule has 240 valence electrons. The van der Waals surface area contributed by atoms with Crippen molar-refractivity contribution in [3.05, 3.63) is 137 Å². The molecule has 0 amide bonds. The molecule has 13 heteroatoms. The van der Waals surface area contributed by atoms with Gasteiger partial charge in [-0.3, -0.25) is 0 Å². The Morgan fingerprint density at radius 3 is 0.959 bits per heavy atom. The topological polar surface area (TPSA) is 6.48 Å². The highest BCUT2D eigenvalue weighted by Crippen LogP contribution is 2.50. The summed E-state index contributed by atoms with van der Waals surface area (Å²) in [5, 5.41) is 0. The molecule has 3 aliphatic heterocycles. The maximum atomic E-state index is 15.7. The Balaban J connectivity index is 1.50. The lowest BCUT2D eigenvalue weighted by Gasteiger charge is -2.44. The van der Waals surface area contributed by atoms with Gasteiger partial charge in [0.2, 0.25) is 11.6 Å². The van der Waals surface area contributed by atoms with Gasteiger partial charge >= 0.3 is 0 Å². The first-order chi connectivity index (χ1) is 23.5. The van der Waals surface area contributed by atoms with E-state index >= 15 is 17.6 Å². The summed E-state index contributed by atoms with van der Waals surface area (Å²) in [7, 11) is 0. The molecule has 0 fully saturated rings. The smallest absolute Gasteiger partial charge is 0.253 e. The van der Waals surface area contributed by atoms with Crippen molar-refractivity contribution < 1.29 is 43.9 Å². The average molecular weight is 674 g/mol. The molecule has 0 aliphatic carbocycles. The third-order valence-electron chi connectivity index (χ3n) is 9.38. The van der Waals surface area contributed by atoms with Gasteiger partial charge in [-0.1, -0.05) is 54.6 Å². The molecular weight excluding hydrogens is 661 g/mol. The van der Waals surface area contributed by atoms with Crippen molar-refractivity contribution in [3.63, 3.8) is 0 Å². The fraction of sp³-hybridized carbons (Fsp3) is 0. The van der Waals surface area contributed by atoms with E-state index in [1.165, 1.54) is 30.3 Å². The Hall–Kier alpha value is -5.72. The van der Waals surface area contributed by atoms with E-state index < -0.39 is 76.3 Å². The van der Waals surface area contributed by atoms with Crippen LogP contribution in [0.15, 0.2) is 78.9 Å². The molecule has 0 spiro atoms. The molecule has 0 atom stereocenters. The Bertz CT molecular complexity index is 2280. The second kappa shape index (κ2) is 9.91. The molecule has 3 heterocycles. The summed E-state index contributed by atoms with van der Waals surface area (Å²) in [5.74, 6) is -22.2. The molecule has 0 aromatic heterocycles. The quantitative estimate of drug-likeness (QED) is 0.0783. The van der Waals surface area contributed by atoms with Crippen molar-refractivity contribution in [2.24, 2.45) is 0 Å². The lowest BCUT2D eigenvalue weighted by molar-refractivity contribution is 0.380. The second-order valence-electron chi connectivity index (χ2n) is 11.7. The van der Waals surface area contributed by atoms with E-state index in [9.17, 15) is 26.3 Å². The minimum atomic E-state index is -2.37. The monoisotopic (exact) mass is 674 g/mol. The lowest BCUT2D eigenvalue weighted by atomic mass is 9.32. The van der Waals surface area contributed by atoms with Crippen LogP contribution in [0.4, 0.5) is 78.0 Å². The number of rotatable bonds is 2. The predicted octanol–water partition coefficient (Wildman–Crippen LogP) is 8.81. The summed E-state index contributed by atoms with van der Waals surface area (Å²) in [4.78, 5) is 1.67. The molecule has 0 bridgehead atoms. The van der Waals surface area contributed by atoms with Gasteiger partial charge in [0.05, 0.1) is 0 Å². The van der Waals surface area contributed by atoms with Gasteiger partial charge in [0.25, 0.3) is 6.71 Å². The molecule has 0 radical (unpaired) electrons. The highest BCUT2D eigenvalue weighted by Gasteiger charge is 2.49. The van der Waals surface area contributed by atoms with Crippen LogP contribution >= 0.6 is 0 Å². The van der Waals surface area contributed by atoms with Gasteiger partial charge in [-0.2, -0.15) is 0 Å². The molecule has 2 nitrogen and oxygen atoms in total. The first-order valence-electron chi connectivity index (χ1n) is 14.7. The van der Waals surface area contributed by atoms with Crippen LogP contribution in [-0.4, -0.2) is 6.71 Å². The Morgan fingerprint density at radius 2 is 0.592 bits per heavy atom. The predicted molar refractivity (Wildman–Crippen MR) is 164 cm³/mol. The third kappa shape index (κ3) is 3.54. The van der Waals surface area contributed by atoms with Crippen molar-refractivity contribution in [3.8, 4) is 22.3 Å². The van der Waals surface area contributed by atoms with Gasteiger partial charge in [-0.05, 0) is 62.9 Å². The van der Waals surface area contributed by atoms with Crippen LogP contribution in [0.5, 0.6) is 0 Å². The normalized spacial score (nSPS) is 13.4. The molecule has 6 aromatic rings. The maximum absolute atomic E-state index is 15.7. The van der Waals surface area contributed by atoms with Crippen molar-refractivity contribution in [1.29, 1.82) is 0 Å². The summed E-state index contributed by atoms with van der Waals surface area (Å²) in [6.45, 7) is -0.911. The average Bonchev–Trinajstić information content (AvgIpc) is 3.25. The lowest BCUT2D eigenvalue weighted by Crippen LogP contribution is -2.62. The molecule has 49 heavy (non-hydrogen) atoms. The number of anilines is 6. The first-order valence-corrected chi connectivity index (χ1v) is 14.7. The zero-order chi connectivity index (χ0) is 34.2. The SMILES string of the molecule is Fc1c(F)c(F)c(N2c3cccc4c3B3c5c(cccc5N(c5c(F)c(F)c(F)c(F)c5F)c5cccc2c53)-c2ccccc2-4)c(F)c1F. The van der Waals surface area contributed by atoms with Crippen molar-refractivity contribution in [2.75, 3.05) is 9.80 Å². The van der Waals surface area contributed by atoms with Crippen LogP contribution in [0, 0.1) is 58.2 Å². The highest BCUT2D eigenvalue weighted by molar-refractivity contribution is 7.02. The Kier molecular flexibility index (Phi) is 5.95. The zero-order valence-corrected chi connectivity index (χ0v) is 24.3. The van der Waals surface area contributed by atoms with Gasteiger partial charge in [0.1, 0.15) is 11.4 Å². The largest absolute Gasteiger partial charge is 0.306 e. The third-order valence-corrected chi connectivity index (χ3v) is 9.38. The summed E-state index contributed by atoms with van der Waals surface area (Å²) in [6.07, 6.45) is 0. The van der Waals surface area contributed by atoms with E-state index in [4.69, 9.17) is 0 Å². The van der Waals surface area contributed by atoms with E-state index in [0.717, 1.165) is 9.80 Å². The maximum Gasteiger partial charge on any atom is 0.253 e. The van der Waals surface area contributed by atoms with Crippen molar-refractivity contribution in [2.45, 2.75) is 0 Å². The van der Waals surface area contributed by atoms with Gasteiger partial charge in [0.15, 0.2) is 46.5 Å². The zero-order valence-electron chi connectivity index (χ0n) is 24.3. The van der Waals surface area contributed by atoms with Gasteiger partial charge in [-0.15, -0.1) is 0 Å². The molecule has 0 saturated heterocycles. The summed E-state index contributed by atoms with van der Waals surface area (Å²) >= 11 is 0. The standard InChI is InChI=1S/C36H13BF10N2/c38-25-27(40)31(44)35(32(45)28(25)41)48-18-10-3-8-16-14-6-1-2-7-15(14)17-9-4-11-19-23(17)37(22(16)18)24-20(48)12-5-13-21(24)49(19)36-33(46)29(42)26(39)30(43)34(36)47/h1-13H. The second-order valence-corrected chi connectivity index (χ2v) is 11.7. The van der Waals surface area contributed by atoms with Crippen LogP contribution in [0.25, 0.3) is 22.3 Å². The summed E-state index contributed by atoms with van der Waals surface area (Å²) in [5.41, 5.74) is 0.102. The van der Waals surface area contributed by atoms with E-state index in [-0.39, 0.29) is 28.2 Å². The fourth-order valence-corrected chi connectivity index (χ4v) is 7.51. The van der Waals surface area contributed by atoms with Crippen molar-refractivity contribution >= 4 is 57.2 Å². The minimum absolute atomic E-state index is 0.0393. The highest BCUT2D eigenvalue weighted by atomic mass is 19.2. The number of nitrogens with zero attached hydrogens (tertiary/aromatic N) is 2. The molecule has 6 aromatic carbocycles. The van der Waals surface area contributed by atoms with E-state index in [0.29, 0.717) is 33.2 Å². The molecule has 3 aliphatic rings. The molecule has 9 rings (SSSR count). The molecule has 0 N–H and O–H groups in total. The van der Waals surface area contributed by atoms with Crippen LogP contribution in [0.2, 0.25) is 0 Å². The summed E-state index contributed by atoms with van der Waals surface area (Å²) < 4.78 is 151. The number of fused-ring (bicyclic) bond motifs is 3. The molecule has 0 saturated carbocycles. The van der Waals surface area contributed by atoms with E-state index in [1.807, 2.05) is 0 Å².